The van der Waals surface area contributed by atoms with E-state index in [1.807, 2.05) is 54.6 Å². The van der Waals surface area contributed by atoms with Crippen molar-refractivity contribution < 1.29 is 4.79 Å². The van der Waals surface area contributed by atoms with E-state index in [2.05, 4.69) is 0 Å². The Morgan fingerprint density at radius 2 is 1.72 bits per heavy atom. The van der Waals surface area contributed by atoms with Gasteiger partial charge in [0.15, 0.2) is 0 Å². The van der Waals surface area contributed by atoms with Gasteiger partial charge in [-0.25, -0.2) is 0 Å². The van der Waals surface area contributed by atoms with Crippen LogP contribution >= 0.6 is 23.4 Å². The number of carbonyl (C=O) groups excluding carboxylic acids is 1. The Morgan fingerprint density at radius 3 is 2.50 bits per heavy atom. The van der Waals surface area contributed by atoms with Crippen LogP contribution in [0.25, 0.3) is 6.08 Å². The van der Waals surface area contributed by atoms with Crippen LogP contribution in [0.5, 0.6) is 0 Å². The first-order valence-corrected chi connectivity index (χ1v) is 6.73. The van der Waals surface area contributed by atoms with Gasteiger partial charge in [-0.3, -0.25) is 4.79 Å². The molecule has 18 heavy (non-hydrogen) atoms. The van der Waals surface area contributed by atoms with E-state index < -0.39 is 0 Å². The molecule has 1 aliphatic rings. The minimum absolute atomic E-state index is 0.0792. The number of hydrogen-bond acceptors (Lipinski definition) is 2. The van der Waals surface area contributed by atoms with Gasteiger partial charge in [0.2, 0.25) is 5.78 Å². The second kappa shape index (κ2) is 4.63. The van der Waals surface area contributed by atoms with Crippen LogP contribution in [0.15, 0.2) is 58.3 Å². The van der Waals surface area contributed by atoms with E-state index in [0.717, 1.165) is 20.9 Å². The maximum absolute atomic E-state index is 12.2. The molecule has 88 valence electrons. The summed E-state index contributed by atoms with van der Waals surface area (Å²) in [5, 5.41) is 0.661. The van der Waals surface area contributed by atoms with E-state index in [4.69, 9.17) is 11.6 Å². The van der Waals surface area contributed by atoms with Crippen molar-refractivity contribution in [2.45, 2.75) is 4.90 Å². The fraction of sp³-hybridized carbons (Fsp3) is 0. The van der Waals surface area contributed by atoms with Gasteiger partial charge in [0.05, 0.1) is 4.91 Å². The van der Waals surface area contributed by atoms with Gasteiger partial charge < -0.3 is 0 Å². The van der Waals surface area contributed by atoms with Crippen molar-refractivity contribution in [1.29, 1.82) is 0 Å². The van der Waals surface area contributed by atoms with Crippen LogP contribution in [-0.4, -0.2) is 5.78 Å². The first-order chi connectivity index (χ1) is 8.75. The van der Waals surface area contributed by atoms with E-state index in [-0.39, 0.29) is 5.78 Å². The molecule has 0 aliphatic carbocycles. The molecular formula is C15H9ClOS. The lowest BCUT2D eigenvalue weighted by atomic mass is 10.1. The molecule has 0 bridgehead atoms. The molecule has 0 aromatic heterocycles. The highest BCUT2D eigenvalue weighted by atomic mass is 35.5. The van der Waals surface area contributed by atoms with Gasteiger partial charge in [0.25, 0.3) is 0 Å². The molecule has 2 aromatic carbocycles. The van der Waals surface area contributed by atoms with Crippen molar-refractivity contribution in [3.05, 3.63) is 69.6 Å². The predicted octanol–water partition coefficient (Wildman–Crippen LogP) is 4.67. The highest BCUT2D eigenvalue weighted by molar-refractivity contribution is 8.04. The predicted molar refractivity (Wildman–Crippen MR) is 76.1 cm³/mol. The van der Waals surface area contributed by atoms with Crippen LogP contribution in [0.2, 0.25) is 5.02 Å². The summed E-state index contributed by atoms with van der Waals surface area (Å²) in [6.07, 6.45) is 1.86. The molecule has 0 atom stereocenters. The molecule has 0 saturated heterocycles. The lowest BCUT2D eigenvalue weighted by Crippen LogP contribution is -1.93. The molecule has 0 N–H and O–H groups in total. The number of fused-ring (bicyclic) bond motifs is 1. The van der Waals surface area contributed by atoms with Crippen LogP contribution in [0, 0.1) is 0 Å². The summed E-state index contributed by atoms with van der Waals surface area (Å²) in [7, 11) is 0. The van der Waals surface area contributed by atoms with Crippen LogP contribution in [0.4, 0.5) is 0 Å². The Labute approximate surface area is 114 Å². The lowest BCUT2D eigenvalue weighted by molar-refractivity contribution is 0.104. The zero-order valence-corrected chi connectivity index (χ0v) is 11.0. The summed E-state index contributed by atoms with van der Waals surface area (Å²) in [5.41, 5.74) is 1.66. The molecule has 3 rings (SSSR count). The van der Waals surface area contributed by atoms with Crippen molar-refractivity contribution in [3.63, 3.8) is 0 Å². The molecule has 0 spiro atoms. The Bertz CT molecular complexity index is 661. The normalized spacial score (nSPS) is 16.1. The molecule has 1 nitrogen and oxygen atoms in total. The summed E-state index contributed by atoms with van der Waals surface area (Å²) in [5.74, 6) is 0.0792. The van der Waals surface area contributed by atoms with Gasteiger partial charge in [-0.1, -0.05) is 53.7 Å². The van der Waals surface area contributed by atoms with Gasteiger partial charge >= 0.3 is 0 Å². The minimum atomic E-state index is 0.0792. The summed E-state index contributed by atoms with van der Waals surface area (Å²) in [4.78, 5) is 13.9. The third kappa shape index (κ3) is 1.98. The van der Waals surface area contributed by atoms with E-state index in [1.165, 1.54) is 11.8 Å². The Balaban J connectivity index is 2.02. The Hall–Kier alpha value is -1.51. The molecule has 2 aromatic rings. The van der Waals surface area contributed by atoms with E-state index >= 15 is 0 Å². The number of thioether (sulfide) groups is 1. The summed E-state index contributed by atoms with van der Waals surface area (Å²) < 4.78 is 0. The number of allylic oxidation sites excluding steroid dienone is 1. The third-order valence-electron chi connectivity index (χ3n) is 2.77. The molecule has 1 aliphatic heterocycles. The highest BCUT2D eigenvalue weighted by Gasteiger charge is 2.25. The summed E-state index contributed by atoms with van der Waals surface area (Å²) in [6, 6.07) is 15.2. The van der Waals surface area contributed by atoms with Crippen LogP contribution in [-0.2, 0) is 0 Å². The summed E-state index contributed by atoms with van der Waals surface area (Å²) >= 11 is 7.60. The van der Waals surface area contributed by atoms with Gasteiger partial charge in [-0.05, 0) is 29.8 Å². The smallest absolute Gasteiger partial charge is 0.200 e. The largest absolute Gasteiger partial charge is 0.288 e. The van der Waals surface area contributed by atoms with Crippen LogP contribution in [0.1, 0.15) is 15.9 Å². The Kier molecular flexibility index (Phi) is 2.98. The van der Waals surface area contributed by atoms with Gasteiger partial charge in [-0.2, -0.15) is 0 Å². The average molecular weight is 273 g/mol. The number of benzene rings is 2. The standard InChI is InChI=1S/C15H9ClOS/c16-12-7-3-1-5-10(12)9-14-15(17)11-6-2-4-8-13(11)18-14/h1-9H/b14-9+. The minimum Gasteiger partial charge on any atom is -0.288 e. The van der Waals surface area contributed by atoms with Crippen molar-refractivity contribution >= 4 is 35.2 Å². The van der Waals surface area contributed by atoms with E-state index in [0.29, 0.717) is 5.02 Å². The van der Waals surface area contributed by atoms with Gasteiger partial charge in [-0.15, -0.1) is 0 Å². The maximum atomic E-state index is 12.2. The molecule has 0 saturated carbocycles. The topological polar surface area (TPSA) is 17.1 Å². The lowest BCUT2D eigenvalue weighted by Gasteiger charge is -1.98. The number of halogens is 1. The van der Waals surface area contributed by atoms with Crippen LogP contribution < -0.4 is 0 Å². The first-order valence-electron chi connectivity index (χ1n) is 5.53. The van der Waals surface area contributed by atoms with Gasteiger partial charge in [0.1, 0.15) is 0 Å². The molecule has 0 radical (unpaired) electrons. The molecule has 0 unspecified atom stereocenters. The highest BCUT2D eigenvalue weighted by Crippen LogP contribution is 2.40. The van der Waals surface area contributed by atoms with Crippen LogP contribution in [0.3, 0.4) is 0 Å². The zero-order valence-electron chi connectivity index (χ0n) is 9.39. The van der Waals surface area contributed by atoms with E-state index in [9.17, 15) is 4.79 Å². The molecule has 0 fully saturated rings. The summed E-state index contributed by atoms with van der Waals surface area (Å²) in [6.45, 7) is 0. The van der Waals surface area contributed by atoms with Crippen molar-refractivity contribution in [2.24, 2.45) is 0 Å². The molecule has 1 heterocycles. The maximum Gasteiger partial charge on any atom is 0.200 e. The fourth-order valence-electron chi connectivity index (χ4n) is 1.87. The Morgan fingerprint density at radius 1 is 1.00 bits per heavy atom. The molecular weight excluding hydrogens is 264 g/mol. The van der Waals surface area contributed by atoms with E-state index in [1.54, 1.807) is 0 Å². The number of hydrogen-bond donors (Lipinski definition) is 0. The monoisotopic (exact) mass is 272 g/mol. The second-order valence-electron chi connectivity index (χ2n) is 3.96. The number of ketones is 1. The molecule has 3 heteroatoms. The molecule has 0 amide bonds. The van der Waals surface area contributed by atoms with Crippen molar-refractivity contribution in [2.75, 3.05) is 0 Å². The van der Waals surface area contributed by atoms with Gasteiger partial charge in [0, 0.05) is 15.5 Å². The zero-order chi connectivity index (χ0) is 12.5. The first kappa shape index (κ1) is 11.6. The number of carbonyl (C=O) groups is 1. The number of Topliss-reactive ketones (excluding diaryl/α,β-unsaturated/α-hetero) is 1. The SMILES string of the molecule is O=C1/C(=C\c2ccccc2Cl)Sc2ccccc21. The van der Waals surface area contributed by atoms with Crippen molar-refractivity contribution in [1.82, 2.24) is 0 Å². The number of rotatable bonds is 1. The third-order valence-corrected chi connectivity index (χ3v) is 4.21. The van der Waals surface area contributed by atoms with Crippen molar-refractivity contribution in [3.8, 4) is 0 Å². The quantitative estimate of drug-likeness (QED) is 0.702. The average Bonchev–Trinajstić information content (AvgIpc) is 2.70. The fourth-order valence-corrected chi connectivity index (χ4v) is 3.10. The second-order valence-corrected chi connectivity index (χ2v) is 5.45.